The molecule has 0 aliphatic carbocycles. The third-order valence-electron chi connectivity index (χ3n) is 4.67. The molecular formula is C22H27N3O4. The highest BCUT2D eigenvalue weighted by atomic mass is 16.6. The molecule has 0 aromatic heterocycles. The minimum Gasteiger partial charge on any atom is -0.484 e. The maximum absolute atomic E-state index is 12.2. The van der Waals surface area contributed by atoms with E-state index in [0.29, 0.717) is 38.3 Å². The smallest absolute Gasteiger partial charge is 0.409 e. The van der Waals surface area contributed by atoms with E-state index in [1.165, 1.54) is 0 Å². The molecule has 2 aromatic rings. The van der Waals surface area contributed by atoms with E-state index in [2.05, 4.69) is 10.6 Å². The maximum Gasteiger partial charge on any atom is 0.409 e. The molecule has 0 spiro atoms. The molecule has 1 fully saturated rings. The Bertz CT molecular complexity index is 787. The van der Waals surface area contributed by atoms with Gasteiger partial charge in [-0.15, -0.1) is 0 Å². The van der Waals surface area contributed by atoms with Crippen molar-refractivity contribution in [1.82, 2.24) is 10.2 Å². The van der Waals surface area contributed by atoms with Gasteiger partial charge in [-0.25, -0.2) is 4.79 Å². The van der Waals surface area contributed by atoms with E-state index in [0.717, 1.165) is 11.4 Å². The lowest BCUT2D eigenvalue weighted by Crippen LogP contribution is -2.47. The number of benzene rings is 2. The van der Waals surface area contributed by atoms with Gasteiger partial charge < -0.3 is 25.0 Å². The quantitative estimate of drug-likeness (QED) is 0.747. The Hall–Kier alpha value is -3.22. The van der Waals surface area contributed by atoms with Crippen molar-refractivity contribution in [3.63, 3.8) is 0 Å². The van der Waals surface area contributed by atoms with Gasteiger partial charge in [0.15, 0.2) is 6.61 Å². The van der Waals surface area contributed by atoms with Crippen LogP contribution in [-0.4, -0.2) is 49.2 Å². The van der Waals surface area contributed by atoms with Gasteiger partial charge in [0, 0.05) is 30.5 Å². The van der Waals surface area contributed by atoms with Gasteiger partial charge in [0.05, 0.1) is 6.61 Å². The van der Waals surface area contributed by atoms with E-state index in [-0.39, 0.29) is 24.6 Å². The number of para-hydroxylation sites is 1. The highest BCUT2D eigenvalue weighted by Crippen LogP contribution is 2.20. The second kappa shape index (κ2) is 10.4. The summed E-state index contributed by atoms with van der Waals surface area (Å²) in [7, 11) is 0. The summed E-state index contributed by atoms with van der Waals surface area (Å²) in [6.07, 6.45) is 1.14. The predicted molar refractivity (Wildman–Crippen MR) is 111 cm³/mol. The molecule has 0 radical (unpaired) electrons. The van der Waals surface area contributed by atoms with E-state index in [9.17, 15) is 9.59 Å². The third kappa shape index (κ3) is 6.41. The number of piperidine rings is 1. The second-order valence-electron chi connectivity index (χ2n) is 6.83. The monoisotopic (exact) mass is 397 g/mol. The van der Waals surface area contributed by atoms with Crippen LogP contribution < -0.4 is 15.4 Å². The number of likely N-dealkylation sites (tertiary alicyclic amines) is 1. The minimum absolute atomic E-state index is 0.0381. The van der Waals surface area contributed by atoms with Gasteiger partial charge in [0.25, 0.3) is 5.91 Å². The van der Waals surface area contributed by atoms with Crippen LogP contribution in [0.3, 0.4) is 0 Å². The fourth-order valence-electron chi connectivity index (χ4n) is 3.16. The Labute approximate surface area is 171 Å². The molecule has 3 rings (SSSR count). The Balaban J connectivity index is 1.38. The number of rotatable bonds is 7. The van der Waals surface area contributed by atoms with Gasteiger partial charge in [-0.05, 0) is 56.2 Å². The number of ether oxygens (including phenoxy) is 2. The topological polar surface area (TPSA) is 79.9 Å². The average molecular weight is 397 g/mol. The zero-order valence-electron chi connectivity index (χ0n) is 16.6. The molecule has 0 bridgehead atoms. The average Bonchev–Trinajstić information content (AvgIpc) is 2.75. The first-order valence-corrected chi connectivity index (χ1v) is 9.90. The summed E-state index contributed by atoms with van der Waals surface area (Å²) in [6, 6.07) is 17.4. The lowest BCUT2D eigenvalue weighted by molar-refractivity contribution is -0.124. The van der Waals surface area contributed by atoms with Crippen LogP contribution in [0.15, 0.2) is 54.6 Å². The van der Waals surface area contributed by atoms with Crippen molar-refractivity contribution < 1.29 is 19.1 Å². The zero-order chi connectivity index (χ0) is 20.5. The number of amides is 2. The summed E-state index contributed by atoms with van der Waals surface area (Å²) in [5.41, 5.74) is 1.95. The fraction of sp³-hybridized carbons (Fsp3) is 0.364. The lowest BCUT2D eigenvalue weighted by Gasteiger charge is -2.31. The Kier molecular flexibility index (Phi) is 7.33. The van der Waals surface area contributed by atoms with Gasteiger partial charge in [-0.1, -0.05) is 18.2 Å². The van der Waals surface area contributed by atoms with Crippen molar-refractivity contribution in [3.8, 4) is 5.75 Å². The summed E-state index contributed by atoms with van der Waals surface area (Å²) < 4.78 is 10.6. The van der Waals surface area contributed by atoms with Gasteiger partial charge in [0.2, 0.25) is 0 Å². The van der Waals surface area contributed by atoms with Gasteiger partial charge >= 0.3 is 6.09 Å². The number of hydrogen-bond donors (Lipinski definition) is 2. The summed E-state index contributed by atoms with van der Waals surface area (Å²) >= 11 is 0. The molecule has 0 unspecified atom stereocenters. The van der Waals surface area contributed by atoms with Crippen molar-refractivity contribution in [2.24, 2.45) is 0 Å². The molecule has 7 nitrogen and oxygen atoms in total. The summed E-state index contributed by atoms with van der Waals surface area (Å²) in [4.78, 5) is 25.5. The molecule has 0 atom stereocenters. The van der Waals surface area contributed by atoms with Crippen LogP contribution in [0.4, 0.5) is 16.2 Å². The van der Waals surface area contributed by atoms with Gasteiger partial charge in [-0.2, -0.15) is 0 Å². The van der Waals surface area contributed by atoms with Crippen molar-refractivity contribution in [3.05, 3.63) is 54.6 Å². The molecule has 2 aromatic carbocycles. The number of hydrogen-bond acceptors (Lipinski definition) is 5. The van der Waals surface area contributed by atoms with Gasteiger partial charge in [0.1, 0.15) is 5.75 Å². The van der Waals surface area contributed by atoms with E-state index in [1.807, 2.05) is 54.6 Å². The number of anilines is 2. The molecule has 7 heteroatoms. The molecular weight excluding hydrogens is 370 g/mol. The first-order chi connectivity index (χ1) is 14.1. The zero-order valence-corrected chi connectivity index (χ0v) is 16.6. The molecule has 2 amide bonds. The van der Waals surface area contributed by atoms with E-state index >= 15 is 0 Å². The second-order valence-corrected chi connectivity index (χ2v) is 6.83. The highest BCUT2D eigenvalue weighted by Gasteiger charge is 2.24. The lowest BCUT2D eigenvalue weighted by atomic mass is 10.1. The number of nitrogens with zero attached hydrogens (tertiary/aromatic N) is 1. The van der Waals surface area contributed by atoms with E-state index in [1.54, 1.807) is 11.8 Å². The summed E-state index contributed by atoms with van der Waals surface area (Å²) in [5.74, 6) is 0.474. The SMILES string of the molecule is CCOC(=O)N1CCC(NC(=O)COc2ccc(Nc3ccccc3)cc2)CC1. The third-order valence-corrected chi connectivity index (χ3v) is 4.67. The van der Waals surface area contributed by atoms with Crippen molar-refractivity contribution in [2.45, 2.75) is 25.8 Å². The standard InChI is InChI=1S/C22H27N3O4/c1-2-28-22(27)25-14-12-19(13-15-25)24-21(26)16-29-20-10-8-18(9-11-20)23-17-6-4-3-5-7-17/h3-11,19,23H,2,12-16H2,1H3,(H,24,26). The maximum atomic E-state index is 12.2. The number of nitrogens with one attached hydrogen (secondary N) is 2. The molecule has 1 aliphatic rings. The van der Waals surface area contributed by atoms with Crippen LogP contribution in [0, 0.1) is 0 Å². The Morgan fingerprint density at radius 2 is 1.66 bits per heavy atom. The van der Waals surface area contributed by atoms with Crippen LogP contribution in [0.25, 0.3) is 0 Å². The summed E-state index contributed by atoms with van der Waals surface area (Å²) in [6.45, 7) is 3.29. The van der Waals surface area contributed by atoms with Crippen LogP contribution in [0.1, 0.15) is 19.8 Å². The molecule has 1 saturated heterocycles. The molecule has 29 heavy (non-hydrogen) atoms. The first kappa shape index (κ1) is 20.5. The van der Waals surface area contributed by atoms with Crippen LogP contribution in [0.5, 0.6) is 5.75 Å². The van der Waals surface area contributed by atoms with Gasteiger partial charge in [-0.3, -0.25) is 4.79 Å². The number of carbonyl (C=O) groups is 2. The normalized spacial score (nSPS) is 14.2. The molecule has 2 N–H and O–H groups in total. The number of carbonyl (C=O) groups excluding carboxylic acids is 2. The molecule has 0 saturated carbocycles. The highest BCUT2D eigenvalue weighted by molar-refractivity contribution is 5.78. The van der Waals surface area contributed by atoms with E-state index in [4.69, 9.17) is 9.47 Å². The largest absolute Gasteiger partial charge is 0.484 e. The van der Waals surface area contributed by atoms with Crippen LogP contribution >= 0.6 is 0 Å². The fourth-order valence-corrected chi connectivity index (χ4v) is 3.16. The molecule has 154 valence electrons. The van der Waals surface area contributed by atoms with Crippen molar-refractivity contribution in [1.29, 1.82) is 0 Å². The molecule has 1 heterocycles. The minimum atomic E-state index is -0.286. The summed E-state index contributed by atoms with van der Waals surface area (Å²) in [5, 5.41) is 6.27. The van der Waals surface area contributed by atoms with Crippen molar-refractivity contribution in [2.75, 3.05) is 31.6 Å². The first-order valence-electron chi connectivity index (χ1n) is 9.90. The van der Waals surface area contributed by atoms with E-state index < -0.39 is 0 Å². The Morgan fingerprint density at radius 3 is 2.31 bits per heavy atom. The van der Waals surface area contributed by atoms with Crippen molar-refractivity contribution >= 4 is 23.4 Å². The van der Waals surface area contributed by atoms with Crippen LogP contribution in [0.2, 0.25) is 0 Å². The van der Waals surface area contributed by atoms with Crippen LogP contribution in [-0.2, 0) is 9.53 Å². The Morgan fingerprint density at radius 1 is 1.00 bits per heavy atom. The predicted octanol–water partition coefficient (Wildman–Crippen LogP) is 3.55. The molecule has 1 aliphatic heterocycles.